The molecule has 1 aliphatic rings. The smallest absolute Gasteiger partial charge is 0.350 e. The van der Waals surface area contributed by atoms with Crippen molar-refractivity contribution in [3.63, 3.8) is 0 Å². The van der Waals surface area contributed by atoms with Crippen LogP contribution in [0.15, 0.2) is 102 Å². The van der Waals surface area contributed by atoms with E-state index in [1.54, 1.807) is 32.8 Å². The second kappa shape index (κ2) is 14.3. The van der Waals surface area contributed by atoms with Crippen molar-refractivity contribution >= 4 is 11.4 Å². The topological polar surface area (TPSA) is 95.5 Å². The minimum Gasteiger partial charge on any atom is -0.491 e. The van der Waals surface area contributed by atoms with Crippen molar-refractivity contribution < 1.29 is 9.47 Å². The second-order valence-corrected chi connectivity index (χ2v) is 11.2. The maximum atomic E-state index is 12.8. The predicted molar refractivity (Wildman–Crippen MR) is 174 cm³/mol. The lowest BCUT2D eigenvalue weighted by Gasteiger charge is -2.37. The molecule has 6 rings (SSSR count). The van der Waals surface area contributed by atoms with Crippen LogP contribution in [0.25, 0.3) is 5.69 Å². The molecule has 0 aliphatic carbocycles. The Morgan fingerprint density at radius 1 is 0.756 bits per heavy atom. The van der Waals surface area contributed by atoms with Gasteiger partial charge in [0.15, 0.2) is 0 Å². The van der Waals surface area contributed by atoms with E-state index in [0.717, 1.165) is 55.3 Å². The summed E-state index contributed by atoms with van der Waals surface area (Å²) in [6.07, 6.45) is 5.65. The Bertz CT molecular complexity index is 1660. The van der Waals surface area contributed by atoms with Crippen LogP contribution in [0.3, 0.4) is 0 Å². The molecule has 45 heavy (non-hydrogen) atoms. The minimum absolute atomic E-state index is 0.0768. The van der Waals surface area contributed by atoms with Crippen LogP contribution in [-0.2, 0) is 11.3 Å². The molecule has 3 aromatic carbocycles. The molecule has 11 heteroatoms. The number of anilines is 2. The van der Waals surface area contributed by atoms with Crippen LogP contribution in [0.1, 0.15) is 38.0 Å². The lowest BCUT2D eigenvalue weighted by molar-refractivity contribution is 0.0182. The lowest BCUT2D eigenvalue weighted by Crippen LogP contribution is -2.46. The largest absolute Gasteiger partial charge is 0.491 e. The van der Waals surface area contributed by atoms with Gasteiger partial charge in [-0.25, -0.2) is 14.0 Å². The van der Waals surface area contributed by atoms with Gasteiger partial charge in [-0.05, 0) is 67.4 Å². The van der Waals surface area contributed by atoms with Gasteiger partial charge in [-0.1, -0.05) is 37.3 Å². The molecule has 3 heterocycles. The molecule has 0 amide bonds. The molecule has 234 valence electrons. The fourth-order valence-electron chi connectivity index (χ4n) is 5.53. The number of benzene rings is 3. The number of rotatable bonds is 13. The first-order chi connectivity index (χ1) is 22.1. The zero-order valence-corrected chi connectivity index (χ0v) is 25.9. The Hall–Kier alpha value is -4.90. The third-order valence-corrected chi connectivity index (χ3v) is 8.31. The average molecular weight is 609 g/mol. The van der Waals surface area contributed by atoms with Crippen molar-refractivity contribution in [1.82, 2.24) is 29.3 Å². The van der Waals surface area contributed by atoms with Crippen molar-refractivity contribution in [2.24, 2.45) is 0 Å². The zero-order chi connectivity index (χ0) is 31.0. The monoisotopic (exact) mass is 608 g/mol. The number of nitrogens with zero attached hydrogens (tertiary/aromatic N) is 8. The minimum atomic E-state index is -0.162. The second-order valence-electron chi connectivity index (χ2n) is 11.2. The first kappa shape index (κ1) is 30.1. The molecule has 0 saturated carbocycles. The van der Waals surface area contributed by atoms with E-state index in [4.69, 9.17) is 9.47 Å². The molecule has 0 N–H and O–H groups in total. The molecule has 2 atom stereocenters. The number of hydrogen-bond acceptors (Lipinski definition) is 8. The summed E-state index contributed by atoms with van der Waals surface area (Å²) in [7, 11) is 0. The van der Waals surface area contributed by atoms with Gasteiger partial charge in [-0.15, -0.1) is 0 Å². The Morgan fingerprint density at radius 3 is 1.98 bits per heavy atom. The molecule has 2 unspecified atom stereocenters. The van der Waals surface area contributed by atoms with E-state index in [1.165, 1.54) is 5.69 Å². The quantitative estimate of drug-likeness (QED) is 0.177. The predicted octanol–water partition coefficient (Wildman–Crippen LogP) is 4.76. The van der Waals surface area contributed by atoms with Crippen LogP contribution in [0, 0.1) is 0 Å². The average Bonchev–Trinajstić information content (AvgIpc) is 3.76. The summed E-state index contributed by atoms with van der Waals surface area (Å²) in [4.78, 5) is 19.2. The summed E-state index contributed by atoms with van der Waals surface area (Å²) in [6.45, 7) is 9.16. The normalized spacial score (nSPS) is 14.8. The number of piperazine rings is 1. The first-order valence-corrected chi connectivity index (χ1v) is 15.6. The summed E-state index contributed by atoms with van der Waals surface area (Å²) >= 11 is 0. The van der Waals surface area contributed by atoms with Gasteiger partial charge >= 0.3 is 5.69 Å². The van der Waals surface area contributed by atoms with Gasteiger partial charge in [0.25, 0.3) is 0 Å². The Balaban J connectivity index is 0.969. The van der Waals surface area contributed by atoms with Gasteiger partial charge in [0.05, 0.1) is 37.3 Å². The first-order valence-electron chi connectivity index (χ1n) is 15.6. The highest BCUT2D eigenvalue weighted by molar-refractivity contribution is 5.54. The molecular formula is C34H40N8O3. The van der Waals surface area contributed by atoms with Gasteiger partial charge in [0, 0.05) is 37.6 Å². The van der Waals surface area contributed by atoms with E-state index in [9.17, 15) is 4.79 Å². The maximum Gasteiger partial charge on any atom is 0.350 e. The highest BCUT2D eigenvalue weighted by Gasteiger charge is 2.19. The van der Waals surface area contributed by atoms with Crippen molar-refractivity contribution in [1.29, 1.82) is 0 Å². The van der Waals surface area contributed by atoms with Crippen LogP contribution in [0.4, 0.5) is 11.4 Å². The zero-order valence-electron chi connectivity index (χ0n) is 25.9. The van der Waals surface area contributed by atoms with Crippen molar-refractivity contribution in [2.45, 2.75) is 39.0 Å². The number of ether oxygens (including phenoxy) is 2. The molecule has 5 aromatic rings. The summed E-state index contributed by atoms with van der Waals surface area (Å²) in [6, 6.07) is 26.6. The molecule has 1 aliphatic heterocycles. The van der Waals surface area contributed by atoms with E-state index in [1.807, 2.05) is 49.4 Å². The van der Waals surface area contributed by atoms with E-state index in [0.29, 0.717) is 19.8 Å². The van der Waals surface area contributed by atoms with Crippen LogP contribution in [-0.4, -0.2) is 68.7 Å². The third kappa shape index (κ3) is 7.26. The highest BCUT2D eigenvalue weighted by Crippen LogP contribution is 2.24. The molecule has 1 saturated heterocycles. The third-order valence-electron chi connectivity index (χ3n) is 8.31. The molecule has 0 spiro atoms. The van der Waals surface area contributed by atoms with Gasteiger partial charge in [0.2, 0.25) is 0 Å². The summed E-state index contributed by atoms with van der Waals surface area (Å²) in [5, 5.41) is 12.7. The molecule has 0 radical (unpaired) electrons. The lowest BCUT2D eigenvalue weighted by atomic mass is 10.1. The highest BCUT2D eigenvalue weighted by atomic mass is 16.5. The summed E-state index contributed by atoms with van der Waals surface area (Å²) < 4.78 is 15.3. The standard InChI is InChI=1S/C34H40N8O3/c1-3-27(2)42-34(43)40(26-37-42)31-11-9-29(10-12-31)38-19-21-39(22-20-38)30-13-15-32(16-14-30)44-23-24-45-33(25-41-35-17-18-36-41)28-7-5-4-6-8-28/h4-18,26-27,33H,3,19-25H2,1-2H3. The fraction of sp³-hybridized carbons (Fsp3) is 0.353. The van der Waals surface area contributed by atoms with Crippen molar-refractivity contribution in [2.75, 3.05) is 49.2 Å². The van der Waals surface area contributed by atoms with Crippen molar-refractivity contribution in [3.05, 3.63) is 114 Å². The van der Waals surface area contributed by atoms with Crippen LogP contribution in [0.2, 0.25) is 0 Å². The van der Waals surface area contributed by atoms with E-state index < -0.39 is 0 Å². The molecule has 0 bridgehead atoms. The fourth-order valence-corrected chi connectivity index (χ4v) is 5.53. The Labute approximate surface area is 263 Å². The van der Waals surface area contributed by atoms with Gasteiger partial charge in [0.1, 0.15) is 24.8 Å². The van der Waals surface area contributed by atoms with Crippen molar-refractivity contribution in [3.8, 4) is 11.4 Å². The molecular weight excluding hydrogens is 568 g/mol. The Morgan fingerprint density at radius 2 is 1.36 bits per heavy atom. The molecule has 11 nitrogen and oxygen atoms in total. The van der Waals surface area contributed by atoms with E-state index in [-0.39, 0.29) is 17.8 Å². The van der Waals surface area contributed by atoms with E-state index >= 15 is 0 Å². The van der Waals surface area contributed by atoms with Gasteiger partial charge in [-0.3, -0.25) is 0 Å². The van der Waals surface area contributed by atoms with Crippen LogP contribution in [0.5, 0.6) is 5.75 Å². The van der Waals surface area contributed by atoms with Crippen LogP contribution < -0.4 is 20.2 Å². The number of hydrogen-bond donors (Lipinski definition) is 0. The van der Waals surface area contributed by atoms with Gasteiger partial charge in [-0.2, -0.15) is 20.1 Å². The summed E-state index contributed by atoms with van der Waals surface area (Å²) in [5.74, 6) is 0.819. The molecule has 2 aromatic heterocycles. The summed E-state index contributed by atoms with van der Waals surface area (Å²) in [5.41, 5.74) is 4.14. The Kier molecular flexibility index (Phi) is 9.55. The van der Waals surface area contributed by atoms with Gasteiger partial charge < -0.3 is 19.3 Å². The van der Waals surface area contributed by atoms with E-state index in [2.05, 4.69) is 68.4 Å². The van der Waals surface area contributed by atoms with Crippen LogP contribution >= 0.6 is 0 Å². The number of aromatic nitrogens is 6. The molecule has 1 fully saturated rings. The maximum absolute atomic E-state index is 12.8. The SMILES string of the molecule is CCC(C)n1ncn(-c2ccc(N3CCN(c4ccc(OCCOC(Cn5nccn5)c5ccccc5)cc4)CC3)cc2)c1=O.